The molecule has 0 aromatic carbocycles. The van der Waals surface area contributed by atoms with Crippen molar-refractivity contribution >= 4 is 11.7 Å². The average molecular weight is 379 g/mol. The van der Waals surface area contributed by atoms with Crippen LogP contribution in [0.1, 0.15) is 52.4 Å². The van der Waals surface area contributed by atoms with Crippen LogP contribution in [0.4, 0.5) is 10.2 Å². The van der Waals surface area contributed by atoms with E-state index >= 15 is 0 Å². The van der Waals surface area contributed by atoms with Gasteiger partial charge in [0.15, 0.2) is 0 Å². The van der Waals surface area contributed by atoms with E-state index in [1.165, 1.54) is 25.3 Å². The molecule has 0 atom stereocenters. The molecule has 0 bridgehead atoms. The number of halogens is 1. The highest BCUT2D eigenvalue weighted by molar-refractivity contribution is 5.78. The van der Waals surface area contributed by atoms with Gasteiger partial charge in [-0.2, -0.15) is 4.39 Å². The number of nitrogens with zero attached hydrogens (tertiary/aromatic N) is 3. The van der Waals surface area contributed by atoms with E-state index in [1.807, 2.05) is 19.9 Å². The van der Waals surface area contributed by atoms with Crippen molar-refractivity contribution in [2.24, 2.45) is 5.92 Å². The number of carbonyl (C=O) groups excluding carboxylic acids is 1. The van der Waals surface area contributed by atoms with Gasteiger partial charge in [-0.25, -0.2) is 4.98 Å². The van der Waals surface area contributed by atoms with Crippen LogP contribution in [0.3, 0.4) is 0 Å². The van der Waals surface area contributed by atoms with Crippen LogP contribution in [0, 0.1) is 11.9 Å². The van der Waals surface area contributed by atoms with Crippen molar-refractivity contribution in [2.75, 3.05) is 44.2 Å². The molecular formula is C21H35FN4O. The Kier molecular flexibility index (Phi) is 9.53. The van der Waals surface area contributed by atoms with Crippen LogP contribution in [0.25, 0.3) is 0 Å². The largest absolute Gasteiger partial charge is 0.356 e. The smallest absolute Gasteiger partial charge is 0.223 e. The van der Waals surface area contributed by atoms with Crippen molar-refractivity contribution in [2.45, 2.75) is 52.4 Å². The third-order valence-electron chi connectivity index (χ3n) is 5.32. The lowest BCUT2D eigenvalue weighted by Crippen LogP contribution is -2.47. The second-order valence-electron chi connectivity index (χ2n) is 7.13. The molecule has 1 aliphatic carbocycles. The predicted molar refractivity (Wildman–Crippen MR) is 108 cm³/mol. The van der Waals surface area contributed by atoms with E-state index in [0.717, 1.165) is 64.3 Å². The van der Waals surface area contributed by atoms with E-state index in [-0.39, 0.29) is 11.8 Å². The highest BCUT2D eigenvalue weighted by Crippen LogP contribution is 2.23. The van der Waals surface area contributed by atoms with Crippen LogP contribution in [0.2, 0.25) is 0 Å². The molecule has 0 unspecified atom stereocenters. The van der Waals surface area contributed by atoms with Crippen molar-refractivity contribution in [1.29, 1.82) is 0 Å². The number of rotatable bonds is 6. The van der Waals surface area contributed by atoms with Gasteiger partial charge in [-0.15, -0.1) is 0 Å². The van der Waals surface area contributed by atoms with Gasteiger partial charge in [0, 0.05) is 38.6 Å². The van der Waals surface area contributed by atoms with Gasteiger partial charge in [0.1, 0.15) is 5.82 Å². The Balaban J connectivity index is 0.00000126. The zero-order valence-corrected chi connectivity index (χ0v) is 16.9. The third kappa shape index (κ3) is 7.09. The maximum atomic E-state index is 13.2. The van der Waals surface area contributed by atoms with E-state index in [9.17, 15) is 9.18 Å². The number of amides is 1. The lowest BCUT2D eigenvalue weighted by Gasteiger charge is -2.35. The number of carbonyl (C=O) groups is 1. The lowest BCUT2D eigenvalue weighted by atomic mass is 9.89. The van der Waals surface area contributed by atoms with E-state index in [1.54, 1.807) is 6.07 Å². The standard InChI is InChI=1S/C19H29FN4O.C2H6/c20-17-8-4-9-18(22-17)24-14-12-23(13-15-24)11-5-10-21-19(25)16-6-2-1-3-7-16;1-2/h4,8-9,16H,1-3,5-7,10-15H2,(H,21,25);1-2H3. The summed E-state index contributed by atoms with van der Waals surface area (Å²) in [6, 6.07) is 4.94. The summed E-state index contributed by atoms with van der Waals surface area (Å²) in [6.45, 7) is 9.40. The van der Waals surface area contributed by atoms with Gasteiger partial charge in [0.2, 0.25) is 11.9 Å². The van der Waals surface area contributed by atoms with Gasteiger partial charge < -0.3 is 10.2 Å². The quantitative estimate of drug-likeness (QED) is 0.608. The lowest BCUT2D eigenvalue weighted by molar-refractivity contribution is -0.125. The number of hydrogen-bond donors (Lipinski definition) is 1. The zero-order valence-electron chi connectivity index (χ0n) is 16.9. The Morgan fingerprint density at radius 2 is 1.85 bits per heavy atom. The number of pyridine rings is 1. The molecule has 5 nitrogen and oxygen atoms in total. The molecule has 2 aliphatic rings. The minimum atomic E-state index is -0.423. The summed E-state index contributed by atoms with van der Waals surface area (Å²) in [6.07, 6.45) is 6.77. The molecule has 1 saturated heterocycles. The van der Waals surface area contributed by atoms with Crippen LogP contribution < -0.4 is 10.2 Å². The second kappa shape index (κ2) is 11.9. The molecular weight excluding hydrogens is 343 g/mol. The Hall–Kier alpha value is -1.69. The summed E-state index contributed by atoms with van der Waals surface area (Å²) in [5, 5.41) is 3.11. The van der Waals surface area contributed by atoms with E-state index < -0.39 is 5.95 Å². The fraction of sp³-hybridized carbons (Fsp3) is 0.714. The number of nitrogens with one attached hydrogen (secondary N) is 1. The van der Waals surface area contributed by atoms with Crippen LogP contribution in [0.15, 0.2) is 18.2 Å². The predicted octanol–water partition coefficient (Wildman–Crippen LogP) is 3.46. The molecule has 2 fully saturated rings. The topological polar surface area (TPSA) is 48.5 Å². The molecule has 1 amide bonds. The number of aromatic nitrogens is 1. The third-order valence-corrected chi connectivity index (χ3v) is 5.32. The van der Waals surface area contributed by atoms with Crippen LogP contribution in [-0.2, 0) is 4.79 Å². The SMILES string of the molecule is CC.O=C(NCCCN1CCN(c2cccc(F)n2)CC1)C1CCCCC1. The highest BCUT2D eigenvalue weighted by Gasteiger charge is 2.21. The minimum absolute atomic E-state index is 0.246. The molecule has 1 aromatic rings. The molecule has 152 valence electrons. The van der Waals surface area contributed by atoms with Crippen molar-refractivity contribution in [3.05, 3.63) is 24.1 Å². The molecule has 3 rings (SSSR count). The molecule has 2 heterocycles. The minimum Gasteiger partial charge on any atom is -0.356 e. The molecule has 1 saturated carbocycles. The van der Waals surface area contributed by atoms with Crippen molar-refractivity contribution < 1.29 is 9.18 Å². The zero-order chi connectivity index (χ0) is 19.5. The van der Waals surface area contributed by atoms with Gasteiger partial charge in [0.25, 0.3) is 0 Å². The second-order valence-corrected chi connectivity index (χ2v) is 7.13. The van der Waals surface area contributed by atoms with Gasteiger partial charge >= 0.3 is 0 Å². The van der Waals surface area contributed by atoms with Gasteiger partial charge in [-0.05, 0) is 37.9 Å². The van der Waals surface area contributed by atoms with Crippen LogP contribution in [-0.4, -0.2) is 55.1 Å². The molecule has 1 aromatic heterocycles. The van der Waals surface area contributed by atoms with Crippen molar-refractivity contribution in [3.63, 3.8) is 0 Å². The van der Waals surface area contributed by atoms with E-state index in [2.05, 4.69) is 20.1 Å². The Morgan fingerprint density at radius 1 is 1.15 bits per heavy atom. The number of anilines is 1. The first-order valence-electron chi connectivity index (χ1n) is 10.6. The molecule has 1 aliphatic heterocycles. The van der Waals surface area contributed by atoms with Gasteiger partial charge in [0.05, 0.1) is 0 Å². The Bertz CT molecular complexity index is 555. The summed E-state index contributed by atoms with van der Waals surface area (Å²) in [5.41, 5.74) is 0. The first kappa shape index (κ1) is 21.6. The summed E-state index contributed by atoms with van der Waals surface area (Å²) < 4.78 is 13.2. The fourth-order valence-electron chi connectivity index (χ4n) is 3.80. The number of hydrogen-bond acceptors (Lipinski definition) is 4. The first-order valence-corrected chi connectivity index (χ1v) is 10.6. The Morgan fingerprint density at radius 3 is 2.52 bits per heavy atom. The Labute approximate surface area is 163 Å². The van der Waals surface area contributed by atoms with Crippen LogP contribution in [0.5, 0.6) is 0 Å². The maximum absolute atomic E-state index is 13.2. The first-order chi connectivity index (χ1) is 13.2. The molecule has 0 spiro atoms. The molecule has 0 radical (unpaired) electrons. The molecule has 27 heavy (non-hydrogen) atoms. The van der Waals surface area contributed by atoms with E-state index in [4.69, 9.17) is 0 Å². The maximum Gasteiger partial charge on any atom is 0.223 e. The highest BCUT2D eigenvalue weighted by atomic mass is 19.1. The van der Waals surface area contributed by atoms with Crippen molar-refractivity contribution in [1.82, 2.24) is 15.2 Å². The van der Waals surface area contributed by atoms with Gasteiger partial charge in [-0.3, -0.25) is 9.69 Å². The molecule has 1 N–H and O–H groups in total. The van der Waals surface area contributed by atoms with Gasteiger partial charge in [-0.1, -0.05) is 39.2 Å². The summed E-state index contributed by atoms with van der Waals surface area (Å²) in [7, 11) is 0. The number of piperazine rings is 1. The van der Waals surface area contributed by atoms with Crippen LogP contribution >= 0.6 is 0 Å². The normalized spacial score (nSPS) is 18.6. The average Bonchev–Trinajstić information content (AvgIpc) is 2.73. The van der Waals surface area contributed by atoms with Crippen molar-refractivity contribution in [3.8, 4) is 0 Å². The monoisotopic (exact) mass is 378 g/mol. The summed E-state index contributed by atoms with van der Waals surface area (Å²) in [5.74, 6) is 0.797. The van der Waals surface area contributed by atoms with E-state index in [0.29, 0.717) is 0 Å². The summed E-state index contributed by atoms with van der Waals surface area (Å²) >= 11 is 0. The summed E-state index contributed by atoms with van der Waals surface area (Å²) in [4.78, 5) is 20.6. The fourth-order valence-corrected chi connectivity index (χ4v) is 3.80. The molecule has 6 heteroatoms.